The van der Waals surface area contributed by atoms with Crippen LogP contribution in [0.5, 0.6) is 0 Å². The molecule has 0 radical (unpaired) electrons. The number of hydrogen-bond donors (Lipinski definition) is 0. The van der Waals surface area contributed by atoms with Crippen LogP contribution in [0, 0.1) is 0 Å². The Labute approximate surface area is 102 Å². The van der Waals surface area contributed by atoms with E-state index in [2.05, 4.69) is 55.6 Å². The highest BCUT2D eigenvalue weighted by atomic mass is 79.9. The van der Waals surface area contributed by atoms with Crippen LogP contribution >= 0.6 is 55.0 Å². The zero-order chi connectivity index (χ0) is 9.42. The van der Waals surface area contributed by atoms with Crippen LogP contribution in [0.2, 0.25) is 0 Å². The quantitative estimate of drug-likeness (QED) is 0.648. The van der Waals surface area contributed by atoms with Crippen LogP contribution in [0.15, 0.2) is 31.4 Å². The zero-order valence-corrected chi connectivity index (χ0v) is 11.6. The summed E-state index contributed by atoms with van der Waals surface area (Å²) in [5.74, 6) is 0. The minimum absolute atomic E-state index is 1.13. The molecule has 2 rings (SSSR count). The minimum atomic E-state index is 1.13. The number of hydrogen-bond acceptors (Lipinski definition) is 2. The van der Waals surface area contributed by atoms with Crippen LogP contribution < -0.4 is 0 Å². The lowest BCUT2D eigenvalue weighted by atomic mass is 10.3. The standard InChI is InChI=1S/C9H6Br2S2/c1-12-8-4-13-7-3-5(10)2-6(11)9(7)8/h2-4H,1H3. The van der Waals surface area contributed by atoms with Gasteiger partial charge in [0.05, 0.1) is 0 Å². The van der Waals surface area contributed by atoms with Gasteiger partial charge in [-0.25, -0.2) is 0 Å². The Morgan fingerprint density at radius 3 is 2.77 bits per heavy atom. The SMILES string of the molecule is CSc1csc2cc(Br)cc(Br)c12. The van der Waals surface area contributed by atoms with E-state index < -0.39 is 0 Å². The maximum atomic E-state index is 3.58. The lowest BCUT2D eigenvalue weighted by molar-refractivity contribution is 1.61. The van der Waals surface area contributed by atoms with Crippen LogP contribution in [0.4, 0.5) is 0 Å². The van der Waals surface area contributed by atoms with E-state index in [1.165, 1.54) is 19.5 Å². The molecule has 1 heterocycles. The Balaban J connectivity index is 2.82. The molecule has 1 aromatic heterocycles. The molecule has 68 valence electrons. The summed E-state index contributed by atoms with van der Waals surface area (Å²) in [6.07, 6.45) is 2.11. The van der Waals surface area contributed by atoms with Crippen LogP contribution in [-0.2, 0) is 0 Å². The van der Waals surface area contributed by atoms with Gasteiger partial charge in [-0.3, -0.25) is 0 Å². The van der Waals surface area contributed by atoms with Gasteiger partial charge in [-0.05, 0) is 18.4 Å². The number of thioether (sulfide) groups is 1. The van der Waals surface area contributed by atoms with Crippen molar-refractivity contribution < 1.29 is 0 Å². The lowest BCUT2D eigenvalue weighted by Gasteiger charge is -1.98. The summed E-state index contributed by atoms with van der Waals surface area (Å²) < 4.78 is 3.62. The first-order valence-corrected chi connectivity index (χ1v) is 7.31. The molecule has 0 atom stereocenters. The van der Waals surface area contributed by atoms with E-state index in [1.54, 1.807) is 23.1 Å². The van der Waals surface area contributed by atoms with Gasteiger partial charge in [-0.1, -0.05) is 31.9 Å². The molecule has 0 saturated heterocycles. The van der Waals surface area contributed by atoms with Crippen molar-refractivity contribution in [3.05, 3.63) is 26.5 Å². The van der Waals surface area contributed by atoms with Gasteiger partial charge in [0.1, 0.15) is 0 Å². The third-order valence-corrected chi connectivity index (χ3v) is 4.70. The van der Waals surface area contributed by atoms with Crippen molar-refractivity contribution in [2.24, 2.45) is 0 Å². The van der Waals surface area contributed by atoms with Gasteiger partial charge < -0.3 is 0 Å². The molecule has 2 aromatic rings. The molecule has 0 amide bonds. The molecule has 0 nitrogen and oxygen atoms in total. The average molecular weight is 338 g/mol. The van der Waals surface area contributed by atoms with E-state index in [9.17, 15) is 0 Å². The molecule has 1 aromatic carbocycles. The molecule has 13 heavy (non-hydrogen) atoms. The van der Waals surface area contributed by atoms with E-state index >= 15 is 0 Å². The highest BCUT2D eigenvalue weighted by Crippen LogP contribution is 2.38. The summed E-state index contributed by atoms with van der Waals surface area (Å²) in [4.78, 5) is 1.35. The summed E-state index contributed by atoms with van der Waals surface area (Å²) in [6.45, 7) is 0. The Kier molecular flexibility index (Phi) is 3.03. The Morgan fingerprint density at radius 1 is 1.31 bits per heavy atom. The van der Waals surface area contributed by atoms with E-state index in [0.29, 0.717) is 0 Å². The molecule has 0 aliphatic carbocycles. The maximum Gasteiger partial charge on any atom is 0.0376 e. The smallest absolute Gasteiger partial charge is 0.0376 e. The summed E-state index contributed by atoms with van der Waals surface area (Å²) in [7, 11) is 0. The predicted molar refractivity (Wildman–Crippen MR) is 69.0 cm³/mol. The summed E-state index contributed by atoms with van der Waals surface area (Å²) in [5.41, 5.74) is 0. The molecule has 0 bridgehead atoms. The third-order valence-electron chi connectivity index (χ3n) is 1.78. The second kappa shape index (κ2) is 3.93. The van der Waals surface area contributed by atoms with Gasteiger partial charge in [-0.15, -0.1) is 23.1 Å². The molecule has 0 unspecified atom stereocenters. The zero-order valence-electron chi connectivity index (χ0n) is 6.80. The van der Waals surface area contributed by atoms with Crippen molar-refractivity contribution in [3.8, 4) is 0 Å². The Hall–Kier alpha value is 0.490. The topological polar surface area (TPSA) is 0 Å². The van der Waals surface area contributed by atoms with Crippen LogP contribution in [-0.4, -0.2) is 6.26 Å². The monoisotopic (exact) mass is 336 g/mol. The van der Waals surface area contributed by atoms with Gasteiger partial charge >= 0.3 is 0 Å². The molecular weight excluding hydrogens is 332 g/mol. The van der Waals surface area contributed by atoms with Gasteiger partial charge in [-0.2, -0.15) is 0 Å². The van der Waals surface area contributed by atoms with Gasteiger partial charge in [0.15, 0.2) is 0 Å². The second-order valence-electron chi connectivity index (χ2n) is 2.56. The molecular formula is C9H6Br2S2. The molecule has 0 N–H and O–H groups in total. The first kappa shape index (κ1) is 10.0. The summed E-state index contributed by atoms with van der Waals surface area (Å²) in [6, 6.07) is 4.25. The molecule has 0 fully saturated rings. The van der Waals surface area contributed by atoms with Gasteiger partial charge in [0, 0.05) is 29.3 Å². The van der Waals surface area contributed by atoms with Gasteiger partial charge in [0.2, 0.25) is 0 Å². The molecule has 0 spiro atoms. The molecule has 0 aliphatic rings. The van der Waals surface area contributed by atoms with Crippen molar-refractivity contribution in [1.82, 2.24) is 0 Å². The van der Waals surface area contributed by atoms with E-state index in [4.69, 9.17) is 0 Å². The highest BCUT2D eigenvalue weighted by Gasteiger charge is 2.07. The third kappa shape index (κ3) is 1.82. The van der Waals surface area contributed by atoms with Crippen molar-refractivity contribution in [2.45, 2.75) is 4.90 Å². The van der Waals surface area contributed by atoms with E-state index in [0.717, 1.165) is 4.47 Å². The number of benzene rings is 1. The fourth-order valence-electron chi connectivity index (χ4n) is 1.21. The summed E-state index contributed by atoms with van der Waals surface area (Å²) in [5, 5.41) is 3.53. The fourth-order valence-corrected chi connectivity index (χ4v) is 4.96. The number of rotatable bonds is 1. The van der Waals surface area contributed by atoms with Crippen LogP contribution in [0.1, 0.15) is 0 Å². The minimum Gasteiger partial charge on any atom is -0.143 e. The fraction of sp³-hybridized carbons (Fsp3) is 0.111. The highest BCUT2D eigenvalue weighted by molar-refractivity contribution is 9.11. The molecule has 0 saturated carbocycles. The Bertz CT molecular complexity index is 448. The first-order chi connectivity index (χ1) is 6.22. The van der Waals surface area contributed by atoms with Crippen molar-refractivity contribution in [1.29, 1.82) is 0 Å². The lowest BCUT2D eigenvalue weighted by Crippen LogP contribution is -1.71. The normalized spacial score (nSPS) is 11.0. The number of halogens is 2. The predicted octanol–water partition coefficient (Wildman–Crippen LogP) is 5.15. The van der Waals surface area contributed by atoms with Crippen LogP contribution in [0.25, 0.3) is 10.1 Å². The Morgan fingerprint density at radius 2 is 2.08 bits per heavy atom. The second-order valence-corrected chi connectivity index (χ2v) is 6.09. The average Bonchev–Trinajstić information content (AvgIpc) is 2.47. The number of thiophene rings is 1. The van der Waals surface area contributed by atoms with Crippen molar-refractivity contribution in [2.75, 3.05) is 6.26 Å². The summed E-state index contributed by atoms with van der Waals surface area (Å²) >= 11 is 10.6. The van der Waals surface area contributed by atoms with Gasteiger partial charge in [0.25, 0.3) is 0 Å². The number of fused-ring (bicyclic) bond motifs is 1. The maximum absolute atomic E-state index is 3.58. The van der Waals surface area contributed by atoms with E-state index in [-0.39, 0.29) is 0 Å². The largest absolute Gasteiger partial charge is 0.143 e. The molecule has 4 heteroatoms. The van der Waals surface area contributed by atoms with Crippen molar-refractivity contribution in [3.63, 3.8) is 0 Å². The first-order valence-electron chi connectivity index (χ1n) is 3.62. The van der Waals surface area contributed by atoms with E-state index in [1.807, 2.05) is 0 Å². The van der Waals surface area contributed by atoms with Crippen molar-refractivity contribution >= 4 is 65.0 Å². The molecule has 0 aliphatic heterocycles. The van der Waals surface area contributed by atoms with Crippen LogP contribution in [0.3, 0.4) is 0 Å².